The summed E-state index contributed by atoms with van der Waals surface area (Å²) >= 11 is 0. The van der Waals surface area contributed by atoms with Gasteiger partial charge in [0.15, 0.2) is 0 Å². The average molecular weight is 382 g/mol. The number of carbonyl (C=O) groups is 2. The lowest BCUT2D eigenvalue weighted by Gasteiger charge is -2.26. The molecule has 28 heavy (non-hydrogen) atoms. The van der Waals surface area contributed by atoms with Crippen LogP contribution in [-0.4, -0.2) is 61.1 Å². The summed E-state index contributed by atoms with van der Waals surface area (Å²) in [5.41, 5.74) is 3.47. The number of morpholine rings is 1. The van der Waals surface area contributed by atoms with Gasteiger partial charge in [-0.2, -0.15) is 0 Å². The Morgan fingerprint density at radius 1 is 1.11 bits per heavy atom. The molecular weight excluding hydrogens is 356 g/mol. The molecule has 3 rings (SSSR count). The maximum absolute atomic E-state index is 12.5. The van der Waals surface area contributed by atoms with Crippen LogP contribution >= 0.6 is 0 Å². The number of ether oxygens (including phenoxy) is 1. The van der Waals surface area contributed by atoms with Crippen LogP contribution < -0.4 is 10.6 Å². The van der Waals surface area contributed by atoms with Crippen LogP contribution in [0, 0.1) is 13.8 Å². The first-order valence-electron chi connectivity index (χ1n) is 9.46. The Hall–Kier alpha value is -2.77. The summed E-state index contributed by atoms with van der Waals surface area (Å²) in [5, 5.41) is 5.75. The van der Waals surface area contributed by atoms with Crippen LogP contribution in [0.5, 0.6) is 0 Å². The number of rotatable bonds is 6. The van der Waals surface area contributed by atoms with E-state index in [9.17, 15) is 9.59 Å². The van der Waals surface area contributed by atoms with Gasteiger partial charge >= 0.3 is 0 Å². The third-order valence-electron chi connectivity index (χ3n) is 4.70. The second-order valence-corrected chi connectivity index (χ2v) is 6.91. The van der Waals surface area contributed by atoms with E-state index >= 15 is 0 Å². The number of benzene rings is 1. The van der Waals surface area contributed by atoms with Crippen molar-refractivity contribution < 1.29 is 14.3 Å². The standard InChI is InChI=1S/C21H26N4O3/c1-15-3-4-18(16(2)13-15)24-21(27)19-14-17(5-6-22-19)20(26)23-7-8-25-9-11-28-12-10-25/h3-6,13-14H,7-12H2,1-2H3,(H,23,26)(H,24,27). The molecule has 2 amide bonds. The first kappa shape index (κ1) is 20.0. The molecule has 0 spiro atoms. The largest absolute Gasteiger partial charge is 0.379 e. The zero-order chi connectivity index (χ0) is 19.9. The predicted octanol–water partition coefficient (Wildman–Crippen LogP) is 2.01. The summed E-state index contributed by atoms with van der Waals surface area (Å²) in [6.07, 6.45) is 1.48. The first-order valence-corrected chi connectivity index (χ1v) is 9.46. The van der Waals surface area contributed by atoms with Crippen molar-refractivity contribution in [2.45, 2.75) is 13.8 Å². The van der Waals surface area contributed by atoms with Crippen molar-refractivity contribution in [1.82, 2.24) is 15.2 Å². The molecular formula is C21H26N4O3. The molecule has 1 aromatic heterocycles. The van der Waals surface area contributed by atoms with E-state index in [0.29, 0.717) is 12.1 Å². The molecule has 0 aliphatic carbocycles. The number of hydrogen-bond donors (Lipinski definition) is 2. The number of nitrogens with one attached hydrogen (secondary N) is 2. The van der Waals surface area contributed by atoms with E-state index in [-0.39, 0.29) is 17.5 Å². The van der Waals surface area contributed by atoms with E-state index in [1.807, 2.05) is 32.0 Å². The molecule has 1 aliphatic heterocycles. The van der Waals surface area contributed by atoms with E-state index < -0.39 is 0 Å². The molecule has 0 atom stereocenters. The molecule has 1 aliphatic rings. The zero-order valence-corrected chi connectivity index (χ0v) is 16.3. The van der Waals surface area contributed by atoms with Crippen LogP contribution in [0.2, 0.25) is 0 Å². The summed E-state index contributed by atoms with van der Waals surface area (Å²) in [6, 6.07) is 8.93. The lowest BCUT2D eigenvalue weighted by molar-refractivity contribution is 0.0383. The molecule has 0 bridgehead atoms. The number of aromatic nitrogens is 1. The number of carbonyl (C=O) groups excluding carboxylic acids is 2. The fourth-order valence-corrected chi connectivity index (χ4v) is 3.09. The van der Waals surface area contributed by atoms with Gasteiger partial charge < -0.3 is 15.4 Å². The summed E-state index contributed by atoms with van der Waals surface area (Å²) in [4.78, 5) is 31.3. The van der Waals surface area contributed by atoms with Gasteiger partial charge in [0.1, 0.15) is 5.69 Å². The molecule has 0 unspecified atom stereocenters. The van der Waals surface area contributed by atoms with Crippen molar-refractivity contribution in [2.24, 2.45) is 0 Å². The van der Waals surface area contributed by atoms with Gasteiger partial charge in [-0.05, 0) is 37.6 Å². The highest BCUT2D eigenvalue weighted by atomic mass is 16.5. The lowest BCUT2D eigenvalue weighted by atomic mass is 10.1. The highest BCUT2D eigenvalue weighted by Gasteiger charge is 2.14. The minimum atomic E-state index is -0.338. The molecule has 0 saturated carbocycles. The lowest BCUT2D eigenvalue weighted by Crippen LogP contribution is -2.41. The quantitative estimate of drug-likeness (QED) is 0.799. The van der Waals surface area contributed by atoms with Crippen molar-refractivity contribution in [3.8, 4) is 0 Å². The Balaban J connectivity index is 1.57. The Kier molecular flexibility index (Phi) is 6.73. The van der Waals surface area contributed by atoms with Crippen LogP contribution in [0.1, 0.15) is 32.0 Å². The zero-order valence-electron chi connectivity index (χ0n) is 16.3. The van der Waals surface area contributed by atoms with Crippen molar-refractivity contribution in [3.63, 3.8) is 0 Å². The van der Waals surface area contributed by atoms with Crippen LogP contribution in [0.25, 0.3) is 0 Å². The number of aryl methyl sites for hydroxylation is 2. The van der Waals surface area contributed by atoms with Crippen LogP contribution in [0.15, 0.2) is 36.5 Å². The number of hydrogen-bond acceptors (Lipinski definition) is 5. The molecule has 1 fully saturated rings. The second-order valence-electron chi connectivity index (χ2n) is 6.91. The molecule has 0 radical (unpaired) electrons. The monoisotopic (exact) mass is 382 g/mol. The smallest absolute Gasteiger partial charge is 0.274 e. The van der Waals surface area contributed by atoms with Crippen molar-refractivity contribution in [3.05, 3.63) is 58.9 Å². The SMILES string of the molecule is Cc1ccc(NC(=O)c2cc(C(=O)NCCN3CCOCC3)ccn2)c(C)c1. The third kappa shape index (κ3) is 5.37. The Bertz CT molecular complexity index is 847. The summed E-state index contributed by atoms with van der Waals surface area (Å²) < 4.78 is 5.31. The van der Waals surface area contributed by atoms with Gasteiger partial charge in [0, 0.05) is 43.6 Å². The normalized spacial score (nSPS) is 14.5. The van der Waals surface area contributed by atoms with Gasteiger partial charge in [-0.15, -0.1) is 0 Å². The maximum atomic E-state index is 12.5. The topological polar surface area (TPSA) is 83.6 Å². The van der Waals surface area contributed by atoms with E-state index in [4.69, 9.17) is 4.74 Å². The predicted molar refractivity (Wildman–Crippen MR) is 108 cm³/mol. The number of nitrogens with zero attached hydrogens (tertiary/aromatic N) is 2. The van der Waals surface area contributed by atoms with Crippen molar-refractivity contribution in [1.29, 1.82) is 0 Å². The highest BCUT2D eigenvalue weighted by molar-refractivity contribution is 6.05. The van der Waals surface area contributed by atoms with Crippen LogP contribution in [0.3, 0.4) is 0 Å². The molecule has 7 heteroatoms. The minimum Gasteiger partial charge on any atom is -0.379 e. The summed E-state index contributed by atoms with van der Waals surface area (Å²) in [5.74, 6) is -0.550. The Morgan fingerprint density at radius 3 is 2.64 bits per heavy atom. The van der Waals surface area contributed by atoms with Gasteiger partial charge in [0.05, 0.1) is 13.2 Å². The number of pyridine rings is 1. The molecule has 1 aromatic carbocycles. The van der Waals surface area contributed by atoms with Gasteiger partial charge in [-0.25, -0.2) is 0 Å². The minimum absolute atomic E-state index is 0.209. The van der Waals surface area contributed by atoms with Crippen molar-refractivity contribution in [2.75, 3.05) is 44.7 Å². The fourth-order valence-electron chi connectivity index (χ4n) is 3.09. The fraction of sp³-hybridized carbons (Fsp3) is 0.381. The molecule has 1 saturated heterocycles. The maximum Gasteiger partial charge on any atom is 0.274 e. The highest BCUT2D eigenvalue weighted by Crippen LogP contribution is 2.17. The molecule has 7 nitrogen and oxygen atoms in total. The molecule has 2 aromatic rings. The van der Waals surface area contributed by atoms with E-state index in [2.05, 4.69) is 20.5 Å². The van der Waals surface area contributed by atoms with E-state index in [0.717, 1.165) is 49.7 Å². The van der Waals surface area contributed by atoms with Gasteiger partial charge in [-0.3, -0.25) is 19.5 Å². The molecule has 148 valence electrons. The Morgan fingerprint density at radius 2 is 1.89 bits per heavy atom. The van der Waals surface area contributed by atoms with E-state index in [1.54, 1.807) is 6.07 Å². The summed E-state index contributed by atoms with van der Waals surface area (Å²) in [7, 11) is 0. The molecule has 2 heterocycles. The number of anilines is 1. The van der Waals surface area contributed by atoms with Gasteiger partial charge in [0.2, 0.25) is 0 Å². The molecule has 2 N–H and O–H groups in total. The third-order valence-corrected chi connectivity index (χ3v) is 4.70. The Labute approximate surface area is 165 Å². The van der Waals surface area contributed by atoms with E-state index in [1.165, 1.54) is 12.3 Å². The van der Waals surface area contributed by atoms with Gasteiger partial charge in [-0.1, -0.05) is 17.7 Å². The van der Waals surface area contributed by atoms with Crippen LogP contribution in [-0.2, 0) is 4.74 Å². The van der Waals surface area contributed by atoms with Gasteiger partial charge in [0.25, 0.3) is 11.8 Å². The first-order chi connectivity index (χ1) is 13.5. The summed E-state index contributed by atoms with van der Waals surface area (Å²) in [6.45, 7) is 8.50. The van der Waals surface area contributed by atoms with Crippen LogP contribution in [0.4, 0.5) is 5.69 Å². The number of amides is 2. The van der Waals surface area contributed by atoms with Crippen molar-refractivity contribution >= 4 is 17.5 Å². The second kappa shape index (κ2) is 9.43. The average Bonchev–Trinajstić information content (AvgIpc) is 2.71.